The van der Waals surface area contributed by atoms with E-state index in [1.807, 2.05) is 36.4 Å². The van der Waals surface area contributed by atoms with E-state index in [0.717, 1.165) is 33.7 Å². The lowest BCUT2D eigenvalue weighted by Crippen LogP contribution is -2.26. The third-order valence-electron chi connectivity index (χ3n) is 11.8. The second-order valence-electron chi connectivity index (χ2n) is 16.2. The van der Waals surface area contributed by atoms with Gasteiger partial charge in [0.15, 0.2) is 11.5 Å². The van der Waals surface area contributed by atoms with Crippen molar-refractivity contribution in [2.24, 2.45) is 0 Å². The second kappa shape index (κ2) is 19.4. The van der Waals surface area contributed by atoms with Gasteiger partial charge in [0.1, 0.15) is 41.6 Å². The summed E-state index contributed by atoms with van der Waals surface area (Å²) in [6.07, 6.45) is 5.36. The number of aromatic nitrogens is 2. The van der Waals surface area contributed by atoms with Crippen molar-refractivity contribution in [2.45, 2.75) is 32.8 Å². The third kappa shape index (κ3) is 9.75. The first kappa shape index (κ1) is 48.2. The summed E-state index contributed by atoms with van der Waals surface area (Å²) in [6, 6.07) is 25.8. The normalized spacial score (nSPS) is 13.1. The molecule has 0 atom stereocenters. The zero-order valence-electron chi connectivity index (χ0n) is 38.2. The van der Waals surface area contributed by atoms with Gasteiger partial charge in [0.25, 0.3) is 11.8 Å². The Morgan fingerprint density at radius 1 is 0.710 bits per heavy atom. The van der Waals surface area contributed by atoms with E-state index in [4.69, 9.17) is 30.5 Å². The molecule has 69 heavy (non-hydrogen) atoms. The van der Waals surface area contributed by atoms with E-state index >= 15 is 0 Å². The number of hydrogen-bond acceptors (Lipinski definition) is 12. The number of methoxy groups -OCH3 is 2. The highest BCUT2D eigenvalue weighted by Gasteiger charge is 2.38. The molecule has 0 bridgehead atoms. The van der Waals surface area contributed by atoms with Gasteiger partial charge in [0.05, 0.1) is 49.2 Å². The molecular weight excluding hydrogens is 951 g/mol. The first-order valence-corrected chi connectivity index (χ1v) is 25.2. The third-order valence-corrected chi connectivity index (χ3v) is 14.4. The summed E-state index contributed by atoms with van der Waals surface area (Å²) in [6.45, 7) is 0.534. The molecule has 2 amide bonds. The van der Waals surface area contributed by atoms with Gasteiger partial charge in [-0.3, -0.25) is 28.2 Å². The number of pyridine rings is 2. The first-order valence-electron chi connectivity index (χ1n) is 21.2. The summed E-state index contributed by atoms with van der Waals surface area (Å²) in [5, 5.41) is 4.23. The van der Waals surface area contributed by atoms with Crippen LogP contribution < -0.4 is 32.9 Å². The molecule has 1 N–H and O–H groups in total. The number of halogens is 2. The Morgan fingerprint density at radius 3 is 1.70 bits per heavy atom. The molecule has 5 aromatic carbocycles. The van der Waals surface area contributed by atoms with E-state index in [9.17, 15) is 30.8 Å². The maximum atomic E-state index is 14.6. The molecule has 9 rings (SSSR count). The molecule has 0 fully saturated rings. The van der Waals surface area contributed by atoms with E-state index in [1.165, 1.54) is 41.5 Å². The summed E-state index contributed by atoms with van der Waals surface area (Å²) in [7, 11) is -1.18. The van der Waals surface area contributed by atoms with Crippen LogP contribution in [-0.2, 0) is 52.9 Å². The molecule has 2 aliphatic rings. The smallest absolute Gasteiger partial charge is 0.258 e. The number of rotatable bonds is 14. The fourth-order valence-electron chi connectivity index (χ4n) is 8.18. The number of sulfonamides is 2. The number of nitrogens with one attached hydrogen (secondary N) is 1. The number of fused-ring (bicyclic) bond motifs is 4. The molecular formula is C49H46ClFN6O10S2. The molecule has 20 heteroatoms. The fraction of sp³-hybridized carbons (Fsp3) is 0.224. The van der Waals surface area contributed by atoms with Crippen LogP contribution in [-0.4, -0.2) is 84.3 Å². The minimum atomic E-state index is -3.70. The SMILES string of the molecule is COc1ccc(COc2c3c(c(N(C)S(C)(=O)=O)c4cccnc24)CN(Cc2cc(Cl)ccc2F)C3=O)cc1.COc1ccc(COc2c3c(c(N(C)S(C)(=O)=O)c4cccnc24)CNC3=O)cc1. The first-order chi connectivity index (χ1) is 32.9. The van der Waals surface area contributed by atoms with Crippen molar-refractivity contribution in [3.8, 4) is 23.0 Å². The molecule has 7 aromatic rings. The van der Waals surface area contributed by atoms with Crippen molar-refractivity contribution in [1.82, 2.24) is 20.2 Å². The molecule has 0 aliphatic carbocycles. The van der Waals surface area contributed by atoms with Crippen molar-refractivity contribution in [3.05, 3.63) is 153 Å². The maximum Gasteiger partial charge on any atom is 0.258 e. The minimum Gasteiger partial charge on any atom is -0.497 e. The zero-order valence-corrected chi connectivity index (χ0v) is 40.6. The Labute approximate surface area is 403 Å². The lowest BCUT2D eigenvalue weighted by Gasteiger charge is -2.23. The average Bonchev–Trinajstić information content (AvgIpc) is 3.87. The number of anilines is 2. The van der Waals surface area contributed by atoms with E-state index < -0.39 is 31.8 Å². The summed E-state index contributed by atoms with van der Waals surface area (Å²) in [5.41, 5.74) is 5.07. The largest absolute Gasteiger partial charge is 0.497 e. The lowest BCUT2D eigenvalue weighted by molar-refractivity contribution is 0.0761. The van der Waals surface area contributed by atoms with Crippen molar-refractivity contribution < 1.29 is 49.8 Å². The molecule has 4 heterocycles. The number of carbonyl (C=O) groups is 2. The Bertz CT molecular complexity index is 3380. The number of carbonyl (C=O) groups excluding carboxylic acids is 2. The standard InChI is InChI=1S/C28H25ClFN3O5S.C21H21N3O5S/c1-32(39(3,35)36)26-21-5-4-12-31-25(21)27(38-16-17-6-9-20(37-2)10-7-17)24-22(26)15-33(28(24)34)14-18-13-19(29)8-11-23(18)30;1-24(30(3,26)27)19-15-5-4-10-22-18(15)20(17-16(19)11-23-21(17)25)29-12-13-6-8-14(28-2)9-7-13/h4-13H,14-16H2,1-3H3;4-10H,11-12H2,1-3H3,(H,23,25). The van der Waals surface area contributed by atoms with Crippen LogP contribution in [0.3, 0.4) is 0 Å². The monoisotopic (exact) mass is 996 g/mol. The number of ether oxygens (including phenoxy) is 4. The van der Waals surface area contributed by atoms with Gasteiger partial charge in [0, 0.05) is 78.6 Å². The van der Waals surface area contributed by atoms with Gasteiger partial charge in [-0.2, -0.15) is 0 Å². The van der Waals surface area contributed by atoms with Crippen molar-refractivity contribution in [2.75, 3.05) is 49.4 Å². The van der Waals surface area contributed by atoms with Crippen molar-refractivity contribution >= 4 is 76.6 Å². The molecule has 358 valence electrons. The predicted molar refractivity (Wildman–Crippen MR) is 261 cm³/mol. The highest BCUT2D eigenvalue weighted by atomic mass is 35.5. The van der Waals surface area contributed by atoms with E-state index in [1.54, 1.807) is 63.0 Å². The van der Waals surface area contributed by atoms with Crippen LogP contribution in [0.15, 0.2) is 103 Å². The molecule has 0 unspecified atom stereocenters. The van der Waals surface area contributed by atoms with Gasteiger partial charge in [0.2, 0.25) is 20.0 Å². The van der Waals surface area contributed by atoms with Gasteiger partial charge >= 0.3 is 0 Å². The average molecular weight is 998 g/mol. The van der Waals surface area contributed by atoms with Crippen LogP contribution in [0, 0.1) is 5.82 Å². The van der Waals surface area contributed by atoms with E-state index in [-0.39, 0.29) is 55.6 Å². The van der Waals surface area contributed by atoms with Crippen LogP contribution in [0.25, 0.3) is 21.8 Å². The summed E-state index contributed by atoms with van der Waals surface area (Å²) in [4.78, 5) is 36.8. The molecule has 0 spiro atoms. The van der Waals surface area contributed by atoms with Crippen LogP contribution in [0.2, 0.25) is 5.02 Å². The number of amides is 2. The molecule has 0 radical (unpaired) electrons. The van der Waals surface area contributed by atoms with Gasteiger partial charge in [-0.05, 0) is 77.9 Å². The predicted octanol–water partition coefficient (Wildman–Crippen LogP) is 7.63. The Balaban J connectivity index is 0.000000192. The highest BCUT2D eigenvalue weighted by Crippen LogP contribution is 2.46. The van der Waals surface area contributed by atoms with Gasteiger partial charge in [-0.15, -0.1) is 0 Å². The zero-order chi connectivity index (χ0) is 49.4. The van der Waals surface area contributed by atoms with Gasteiger partial charge in [-0.25, -0.2) is 21.2 Å². The summed E-state index contributed by atoms with van der Waals surface area (Å²) < 4.78 is 89.5. The topological polar surface area (TPSA) is 187 Å². The molecule has 16 nitrogen and oxygen atoms in total. The van der Waals surface area contributed by atoms with Crippen LogP contribution >= 0.6 is 11.6 Å². The number of hydrogen-bond donors (Lipinski definition) is 1. The Morgan fingerprint density at radius 2 is 1.20 bits per heavy atom. The Kier molecular flexibility index (Phi) is 13.6. The van der Waals surface area contributed by atoms with E-state index in [0.29, 0.717) is 66.4 Å². The fourth-order valence-corrected chi connectivity index (χ4v) is 9.46. The maximum absolute atomic E-state index is 14.6. The van der Waals surface area contributed by atoms with Crippen molar-refractivity contribution in [3.63, 3.8) is 0 Å². The van der Waals surface area contributed by atoms with E-state index in [2.05, 4.69) is 15.3 Å². The molecule has 2 aromatic heterocycles. The quantitative estimate of drug-likeness (QED) is 0.112. The van der Waals surface area contributed by atoms with Crippen LogP contribution in [0.4, 0.5) is 15.8 Å². The highest BCUT2D eigenvalue weighted by molar-refractivity contribution is 7.92. The minimum absolute atomic E-state index is 0.0407. The molecule has 2 aliphatic heterocycles. The second-order valence-corrected chi connectivity index (χ2v) is 20.6. The Hall–Kier alpha value is -7.22. The number of benzene rings is 5. The van der Waals surface area contributed by atoms with Gasteiger partial charge in [-0.1, -0.05) is 35.9 Å². The van der Waals surface area contributed by atoms with Crippen LogP contribution in [0.5, 0.6) is 23.0 Å². The molecule has 0 saturated heterocycles. The van der Waals surface area contributed by atoms with Gasteiger partial charge < -0.3 is 29.2 Å². The lowest BCUT2D eigenvalue weighted by atomic mass is 10.0. The molecule has 0 saturated carbocycles. The number of nitrogens with zero attached hydrogens (tertiary/aromatic N) is 5. The summed E-state index contributed by atoms with van der Waals surface area (Å²) >= 11 is 6.08. The van der Waals surface area contributed by atoms with Crippen LogP contribution in [0.1, 0.15) is 48.5 Å². The summed E-state index contributed by atoms with van der Waals surface area (Å²) in [5.74, 6) is 0.770. The van der Waals surface area contributed by atoms with Crippen molar-refractivity contribution in [1.29, 1.82) is 0 Å².